The summed E-state index contributed by atoms with van der Waals surface area (Å²) in [6, 6.07) is 16.6. The lowest BCUT2D eigenvalue weighted by atomic mass is 9.98. The van der Waals surface area contributed by atoms with E-state index in [-0.39, 0.29) is 12.3 Å². The topological polar surface area (TPSA) is 58.4 Å². The molecule has 1 aliphatic rings. The maximum Gasteiger partial charge on any atom is 0.226 e. The Morgan fingerprint density at radius 2 is 1.96 bits per heavy atom. The molecular formula is C22H25N3O2. The number of rotatable bonds is 6. The molecule has 0 spiro atoms. The molecule has 1 atom stereocenters. The molecule has 0 saturated carbocycles. The lowest BCUT2D eigenvalue weighted by Crippen LogP contribution is -2.46. The second-order valence-corrected chi connectivity index (χ2v) is 7.16. The first kappa shape index (κ1) is 17.7. The third-order valence-corrected chi connectivity index (χ3v) is 5.46. The van der Waals surface area contributed by atoms with Crippen LogP contribution in [0.25, 0.3) is 11.0 Å². The fraction of sp³-hybridized carbons (Fsp3) is 0.364. The quantitative estimate of drug-likeness (QED) is 0.730. The molecule has 5 nitrogen and oxygen atoms in total. The van der Waals surface area contributed by atoms with Crippen molar-refractivity contribution in [2.45, 2.75) is 38.8 Å². The van der Waals surface area contributed by atoms with Crippen LogP contribution < -0.4 is 5.32 Å². The summed E-state index contributed by atoms with van der Waals surface area (Å²) in [5.41, 5.74) is 4.27. The van der Waals surface area contributed by atoms with E-state index in [1.165, 1.54) is 11.1 Å². The molecule has 3 aromatic rings. The Labute approximate surface area is 159 Å². The molecule has 0 radical (unpaired) electrons. The monoisotopic (exact) mass is 363 g/mol. The van der Waals surface area contributed by atoms with Crippen LogP contribution in [0.1, 0.15) is 30.2 Å². The van der Waals surface area contributed by atoms with E-state index in [0.717, 1.165) is 36.9 Å². The summed E-state index contributed by atoms with van der Waals surface area (Å²) < 4.78 is 5.29. The summed E-state index contributed by atoms with van der Waals surface area (Å²) in [7, 11) is 0. The highest BCUT2D eigenvalue weighted by molar-refractivity contribution is 5.86. The summed E-state index contributed by atoms with van der Waals surface area (Å²) >= 11 is 0. The van der Waals surface area contributed by atoms with Gasteiger partial charge in [0.05, 0.1) is 6.42 Å². The molecule has 1 amide bonds. The number of carbonyl (C=O) groups is 1. The molecule has 27 heavy (non-hydrogen) atoms. The van der Waals surface area contributed by atoms with E-state index in [2.05, 4.69) is 46.6 Å². The van der Waals surface area contributed by atoms with Crippen molar-refractivity contribution in [3.05, 3.63) is 65.4 Å². The fourth-order valence-electron chi connectivity index (χ4n) is 3.87. The van der Waals surface area contributed by atoms with Crippen LogP contribution in [-0.4, -0.2) is 35.1 Å². The minimum Gasteiger partial charge on any atom is -0.356 e. The number of nitrogens with zero attached hydrogens (tertiary/aromatic N) is 2. The van der Waals surface area contributed by atoms with E-state index in [1.807, 2.05) is 24.3 Å². The first-order chi connectivity index (χ1) is 13.2. The highest BCUT2D eigenvalue weighted by atomic mass is 16.5. The molecule has 1 N–H and O–H groups in total. The van der Waals surface area contributed by atoms with Crippen LogP contribution in [-0.2, 0) is 24.2 Å². The Balaban J connectivity index is 1.35. The number of fused-ring (bicyclic) bond motifs is 2. The summed E-state index contributed by atoms with van der Waals surface area (Å²) in [6.45, 7) is 4.84. The predicted molar refractivity (Wildman–Crippen MR) is 105 cm³/mol. The molecule has 1 aliphatic heterocycles. The largest absolute Gasteiger partial charge is 0.356 e. The number of amides is 1. The first-order valence-corrected chi connectivity index (χ1v) is 9.65. The Morgan fingerprint density at radius 3 is 2.81 bits per heavy atom. The van der Waals surface area contributed by atoms with Crippen LogP contribution in [0.5, 0.6) is 0 Å². The molecule has 1 unspecified atom stereocenters. The van der Waals surface area contributed by atoms with Crippen LogP contribution >= 0.6 is 0 Å². The number of hydrogen-bond donors (Lipinski definition) is 1. The van der Waals surface area contributed by atoms with Crippen LogP contribution in [0.2, 0.25) is 0 Å². The molecule has 2 heterocycles. The van der Waals surface area contributed by atoms with E-state index >= 15 is 0 Å². The third kappa shape index (κ3) is 3.88. The number of hydrogen-bond acceptors (Lipinski definition) is 4. The number of carbonyl (C=O) groups excluding carboxylic acids is 1. The summed E-state index contributed by atoms with van der Waals surface area (Å²) in [5, 5.41) is 8.06. The zero-order chi connectivity index (χ0) is 18.6. The van der Waals surface area contributed by atoms with Gasteiger partial charge in [-0.1, -0.05) is 48.5 Å². The van der Waals surface area contributed by atoms with Gasteiger partial charge < -0.3 is 9.84 Å². The SMILES string of the molecule is CCC(CNC(=O)Cc1noc2ccccc12)N1CCc2ccccc2C1. The zero-order valence-corrected chi connectivity index (χ0v) is 15.6. The van der Waals surface area contributed by atoms with Gasteiger partial charge in [-0.15, -0.1) is 0 Å². The summed E-state index contributed by atoms with van der Waals surface area (Å²) in [6.07, 6.45) is 2.33. The van der Waals surface area contributed by atoms with Crippen LogP contribution in [0.4, 0.5) is 0 Å². The second-order valence-electron chi connectivity index (χ2n) is 7.16. The minimum atomic E-state index is -0.00934. The van der Waals surface area contributed by atoms with Crippen molar-refractivity contribution in [1.29, 1.82) is 0 Å². The molecule has 1 aromatic heterocycles. The van der Waals surface area contributed by atoms with Gasteiger partial charge in [-0.25, -0.2) is 0 Å². The van der Waals surface area contributed by atoms with E-state index in [0.29, 0.717) is 18.3 Å². The third-order valence-electron chi connectivity index (χ3n) is 5.46. The molecule has 0 fully saturated rings. The van der Waals surface area contributed by atoms with Gasteiger partial charge in [0.1, 0.15) is 5.69 Å². The summed E-state index contributed by atoms with van der Waals surface area (Å²) in [4.78, 5) is 14.9. The average molecular weight is 363 g/mol. The number of aromatic nitrogens is 1. The van der Waals surface area contributed by atoms with Crippen molar-refractivity contribution < 1.29 is 9.32 Å². The Bertz CT molecular complexity index is 934. The van der Waals surface area contributed by atoms with Gasteiger partial charge in [0.15, 0.2) is 5.58 Å². The van der Waals surface area contributed by atoms with Crippen molar-refractivity contribution in [1.82, 2.24) is 15.4 Å². The maximum absolute atomic E-state index is 12.4. The van der Waals surface area contributed by atoms with Crippen molar-refractivity contribution in [2.75, 3.05) is 13.1 Å². The Kier molecular flexibility index (Phi) is 5.21. The van der Waals surface area contributed by atoms with E-state index in [9.17, 15) is 4.79 Å². The number of para-hydroxylation sites is 1. The molecule has 5 heteroatoms. The van der Waals surface area contributed by atoms with E-state index in [1.54, 1.807) is 0 Å². The smallest absolute Gasteiger partial charge is 0.226 e. The Morgan fingerprint density at radius 1 is 1.19 bits per heavy atom. The summed E-state index contributed by atoms with van der Waals surface area (Å²) in [5.74, 6) is -0.00934. The first-order valence-electron chi connectivity index (χ1n) is 9.65. The predicted octanol–water partition coefficient (Wildman–Crippen LogP) is 3.32. The van der Waals surface area contributed by atoms with E-state index in [4.69, 9.17) is 4.52 Å². The van der Waals surface area contributed by atoms with Crippen molar-refractivity contribution >= 4 is 16.9 Å². The normalized spacial score (nSPS) is 15.4. The van der Waals surface area contributed by atoms with Crippen LogP contribution in [0.15, 0.2) is 53.1 Å². The number of benzene rings is 2. The molecule has 0 bridgehead atoms. The van der Waals surface area contributed by atoms with Gasteiger partial charge in [-0.3, -0.25) is 9.69 Å². The van der Waals surface area contributed by atoms with Gasteiger partial charge in [0.25, 0.3) is 0 Å². The molecule has 0 saturated heterocycles. The van der Waals surface area contributed by atoms with E-state index < -0.39 is 0 Å². The lowest BCUT2D eigenvalue weighted by Gasteiger charge is -2.35. The van der Waals surface area contributed by atoms with Crippen molar-refractivity contribution in [3.63, 3.8) is 0 Å². The zero-order valence-electron chi connectivity index (χ0n) is 15.6. The van der Waals surface area contributed by atoms with Gasteiger partial charge in [-0.05, 0) is 36.1 Å². The fourth-order valence-corrected chi connectivity index (χ4v) is 3.87. The molecule has 0 aliphatic carbocycles. The highest BCUT2D eigenvalue weighted by Gasteiger charge is 2.23. The van der Waals surface area contributed by atoms with Gasteiger partial charge in [0.2, 0.25) is 5.91 Å². The van der Waals surface area contributed by atoms with Gasteiger partial charge in [0, 0.05) is 31.1 Å². The Hall–Kier alpha value is -2.66. The standard InChI is InChI=1S/C22H25N3O2/c1-2-18(25-12-11-16-7-3-4-8-17(16)15-25)14-23-22(26)13-20-19-9-5-6-10-21(19)27-24-20/h3-10,18H,2,11-15H2,1H3,(H,23,26). The molecule has 2 aromatic carbocycles. The molecular weight excluding hydrogens is 338 g/mol. The molecule has 4 rings (SSSR count). The van der Waals surface area contributed by atoms with Crippen LogP contribution in [0.3, 0.4) is 0 Å². The number of nitrogens with one attached hydrogen (secondary N) is 1. The van der Waals surface area contributed by atoms with Crippen LogP contribution in [0, 0.1) is 0 Å². The average Bonchev–Trinajstić information content (AvgIpc) is 3.11. The minimum absolute atomic E-state index is 0.00934. The molecule has 140 valence electrons. The second kappa shape index (κ2) is 7.92. The lowest BCUT2D eigenvalue weighted by molar-refractivity contribution is -0.120. The van der Waals surface area contributed by atoms with Gasteiger partial charge in [-0.2, -0.15) is 0 Å². The van der Waals surface area contributed by atoms with Crippen molar-refractivity contribution in [3.8, 4) is 0 Å². The van der Waals surface area contributed by atoms with Crippen molar-refractivity contribution in [2.24, 2.45) is 0 Å². The maximum atomic E-state index is 12.4. The van der Waals surface area contributed by atoms with Gasteiger partial charge >= 0.3 is 0 Å². The highest BCUT2D eigenvalue weighted by Crippen LogP contribution is 2.21.